The van der Waals surface area contributed by atoms with E-state index in [1.165, 1.54) is 6.07 Å². The van der Waals surface area contributed by atoms with Crippen LogP contribution in [0.5, 0.6) is 0 Å². The van der Waals surface area contributed by atoms with Gasteiger partial charge >= 0.3 is 0 Å². The summed E-state index contributed by atoms with van der Waals surface area (Å²) in [7, 11) is 0. The monoisotopic (exact) mass is 259 g/mol. The van der Waals surface area contributed by atoms with Crippen LogP contribution in [0.2, 0.25) is 0 Å². The van der Waals surface area contributed by atoms with Gasteiger partial charge in [0, 0.05) is 19.2 Å². The smallest absolute Gasteiger partial charge is 0.248 e. The number of aromatic nitrogens is 4. The van der Waals surface area contributed by atoms with E-state index in [9.17, 15) is 4.79 Å². The van der Waals surface area contributed by atoms with Gasteiger partial charge in [-0.25, -0.2) is 0 Å². The van der Waals surface area contributed by atoms with Gasteiger partial charge < -0.3 is 14.9 Å². The number of hydrogen-bond donors (Lipinski definition) is 2. The van der Waals surface area contributed by atoms with Crippen molar-refractivity contribution >= 4 is 0 Å². The minimum Gasteiger partial charge on any atom is -0.319 e. The van der Waals surface area contributed by atoms with Crippen LogP contribution in [0, 0.1) is 5.92 Å². The highest BCUT2D eigenvalue weighted by molar-refractivity contribution is 5.49. The van der Waals surface area contributed by atoms with Gasteiger partial charge in [0.25, 0.3) is 0 Å². The molecule has 100 valence electrons. The largest absolute Gasteiger partial charge is 0.319 e. The summed E-state index contributed by atoms with van der Waals surface area (Å²) in [6.45, 7) is 6.02. The number of nitrogens with one attached hydrogen (secondary N) is 2. The van der Waals surface area contributed by atoms with Crippen molar-refractivity contribution in [2.24, 2.45) is 5.92 Å². The van der Waals surface area contributed by atoms with E-state index in [1.807, 2.05) is 6.07 Å². The van der Waals surface area contributed by atoms with E-state index in [1.54, 1.807) is 6.07 Å². The number of H-pyrrole nitrogens is 1. The molecule has 3 rings (SSSR count). The topological polar surface area (TPSA) is 75.6 Å². The minimum absolute atomic E-state index is 0.121. The molecule has 0 spiro atoms. The lowest BCUT2D eigenvalue weighted by Crippen LogP contribution is -2.36. The van der Waals surface area contributed by atoms with Crippen LogP contribution in [0.3, 0.4) is 0 Å². The number of hydrogen-bond acceptors (Lipinski definition) is 4. The molecule has 1 atom stereocenters. The van der Waals surface area contributed by atoms with Crippen LogP contribution in [-0.2, 0) is 6.54 Å². The Hall–Kier alpha value is -1.95. The molecule has 0 amide bonds. The molecule has 0 saturated heterocycles. The van der Waals surface area contributed by atoms with Gasteiger partial charge in [0.05, 0.1) is 11.7 Å². The molecule has 2 N–H and O–H groups in total. The van der Waals surface area contributed by atoms with E-state index >= 15 is 0 Å². The molecule has 1 unspecified atom stereocenters. The summed E-state index contributed by atoms with van der Waals surface area (Å²) < 4.78 is 2.09. The standard InChI is InChI=1S/C13H17N5O/c1-8(2)11-13-17-16-12(18(13)7-6-14-11)9-4-3-5-10(19)15-9/h3-5,8,11,14H,6-7H2,1-2H3,(H,15,19). The number of rotatable bonds is 2. The Morgan fingerprint density at radius 3 is 2.95 bits per heavy atom. The molecule has 1 aliphatic rings. The summed E-state index contributed by atoms with van der Waals surface area (Å²) >= 11 is 0. The second-order valence-corrected chi connectivity index (χ2v) is 5.14. The van der Waals surface area contributed by atoms with Gasteiger partial charge in [-0.05, 0) is 12.0 Å². The van der Waals surface area contributed by atoms with Crippen molar-refractivity contribution in [1.29, 1.82) is 0 Å². The molecule has 6 heteroatoms. The molecule has 2 aromatic heterocycles. The van der Waals surface area contributed by atoms with Crippen molar-refractivity contribution in [3.8, 4) is 11.5 Å². The van der Waals surface area contributed by atoms with Gasteiger partial charge in [0.2, 0.25) is 5.56 Å². The molecule has 0 aliphatic carbocycles. The normalized spacial score (nSPS) is 18.6. The summed E-state index contributed by atoms with van der Waals surface area (Å²) in [5.41, 5.74) is 0.597. The fourth-order valence-corrected chi connectivity index (χ4v) is 2.50. The van der Waals surface area contributed by atoms with E-state index in [4.69, 9.17) is 0 Å². The SMILES string of the molecule is CC(C)C1NCCn2c(-c3cccc(=O)[nH]3)nnc21. The van der Waals surface area contributed by atoms with Crippen LogP contribution in [0.1, 0.15) is 25.7 Å². The molecular weight excluding hydrogens is 242 g/mol. The molecule has 0 saturated carbocycles. The predicted octanol–water partition coefficient (Wildman–Crippen LogP) is 0.934. The third kappa shape index (κ3) is 2.08. The van der Waals surface area contributed by atoms with Crippen LogP contribution in [0.4, 0.5) is 0 Å². The maximum Gasteiger partial charge on any atom is 0.248 e. The fourth-order valence-electron chi connectivity index (χ4n) is 2.50. The van der Waals surface area contributed by atoms with Crippen molar-refractivity contribution in [3.63, 3.8) is 0 Å². The number of fused-ring (bicyclic) bond motifs is 1. The summed E-state index contributed by atoms with van der Waals surface area (Å²) in [5, 5.41) is 12.0. The van der Waals surface area contributed by atoms with Gasteiger partial charge in [-0.2, -0.15) is 0 Å². The minimum atomic E-state index is -0.121. The highest BCUT2D eigenvalue weighted by atomic mass is 16.1. The zero-order valence-corrected chi connectivity index (χ0v) is 11.1. The maximum atomic E-state index is 11.4. The Morgan fingerprint density at radius 1 is 1.37 bits per heavy atom. The van der Waals surface area contributed by atoms with Crippen molar-refractivity contribution in [2.45, 2.75) is 26.4 Å². The van der Waals surface area contributed by atoms with E-state index in [-0.39, 0.29) is 11.6 Å². The van der Waals surface area contributed by atoms with Crippen LogP contribution >= 0.6 is 0 Å². The van der Waals surface area contributed by atoms with Crippen molar-refractivity contribution in [3.05, 3.63) is 34.4 Å². The Labute approximate surface area is 110 Å². The maximum absolute atomic E-state index is 11.4. The van der Waals surface area contributed by atoms with Crippen LogP contribution in [-0.4, -0.2) is 26.3 Å². The summed E-state index contributed by atoms with van der Waals surface area (Å²) in [6, 6.07) is 5.29. The first-order chi connectivity index (χ1) is 9.16. The van der Waals surface area contributed by atoms with Crippen LogP contribution < -0.4 is 10.9 Å². The summed E-state index contributed by atoms with van der Waals surface area (Å²) in [4.78, 5) is 14.2. The molecular formula is C13H17N5O. The molecule has 0 aromatic carbocycles. The molecule has 1 aliphatic heterocycles. The zero-order chi connectivity index (χ0) is 13.4. The number of pyridine rings is 1. The Bertz CT molecular complexity index is 642. The second kappa shape index (κ2) is 4.62. The van der Waals surface area contributed by atoms with E-state index in [0.29, 0.717) is 5.92 Å². The lowest BCUT2D eigenvalue weighted by molar-refractivity contribution is 0.339. The third-order valence-corrected chi connectivity index (χ3v) is 3.43. The molecule has 3 heterocycles. The van der Waals surface area contributed by atoms with Crippen LogP contribution in [0.15, 0.2) is 23.0 Å². The number of nitrogens with zero attached hydrogens (tertiary/aromatic N) is 3. The lowest BCUT2D eigenvalue weighted by atomic mass is 10.0. The second-order valence-electron chi connectivity index (χ2n) is 5.14. The molecule has 2 aromatic rings. The quantitative estimate of drug-likeness (QED) is 0.841. The average Bonchev–Trinajstić information content (AvgIpc) is 2.82. The first-order valence-electron chi connectivity index (χ1n) is 6.53. The van der Waals surface area contributed by atoms with E-state index in [2.05, 4.69) is 38.9 Å². The van der Waals surface area contributed by atoms with Gasteiger partial charge in [-0.3, -0.25) is 4.79 Å². The fraction of sp³-hybridized carbons (Fsp3) is 0.462. The van der Waals surface area contributed by atoms with Crippen molar-refractivity contribution in [2.75, 3.05) is 6.54 Å². The van der Waals surface area contributed by atoms with E-state index in [0.717, 1.165) is 30.4 Å². The van der Waals surface area contributed by atoms with Crippen molar-refractivity contribution < 1.29 is 0 Å². The first-order valence-corrected chi connectivity index (χ1v) is 6.53. The Balaban J connectivity index is 2.08. The number of aromatic amines is 1. The average molecular weight is 259 g/mol. The van der Waals surface area contributed by atoms with Gasteiger partial charge in [0.1, 0.15) is 0 Å². The third-order valence-electron chi connectivity index (χ3n) is 3.43. The van der Waals surface area contributed by atoms with Gasteiger partial charge in [0.15, 0.2) is 11.6 Å². The van der Waals surface area contributed by atoms with E-state index < -0.39 is 0 Å². The first kappa shape index (κ1) is 12.1. The summed E-state index contributed by atoms with van der Waals surface area (Å²) in [5.74, 6) is 2.13. The highest BCUT2D eigenvalue weighted by Crippen LogP contribution is 2.26. The molecule has 19 heavy (non-hydrogen) atoms. The zero-order valence-electron chi connectivity index (χ0n) is 11.1. The summed E-state index contributed by atoms with van der Waals surface area (Å²) in [6.07, 6.45) is 0. The van der Waals surface area contributed by atoms with Gasteiger partial charge in [-0.15, -0.1) is 10.2 Å². The molecule has 0 fully saturated rings. The predicted molar refractivity (Wildman–Crippen MR) is 71.7 cm³/mol. The van der Waals surface area contributed by atoms with Gasteiger partial charge in [-0.1, -0.05) is 19.9 Å². The molecule has 6 nitrogen and oxygen atoms in total. The van der Waals surface area contributed by atoms with Crippen LogP contribution in [0.25, 0.3) is 11.5 Å². The molecule has 0 bridgehead atoms. The Morgan fingerprint density at radius 2 is 2.21 bits per heavy atom. The Kier molecular flexibility index (Phi) is 2.94. The highest BCUT2D eigenvalue weighted by Gasteiger charge is 2.27. The molecule has 0 radical (unpaired) electrons. The lowest BCUT2D eigenvalue weighted by Gasteiger charge is -2.27. The van der Waals surface area contributed by atoms with Crippen molar-refractivity contribution in [1.82, 2.24) is 25.1 Å².